The SMILES string of the molecule is Cn1c(CCCN)c(Br)ccc1=O. The molecule has 0 fully saturated rings. The van der Waals surface area contributed by atoms with Gasteiger partial charge < -0.3 is 10.3 Å². The third-order valence-electron chi connectivity index (χ3n) is 2.00. The normalized spacial score (nSPS) is 10.4. The first-order valence-corrected chi connectivity index (χ1v) is 5.00. The molecule has 0 atom stereocenters. The lowest BCUT2D eigenvalue weighted by atomic mass is 10.2. The van der Waals surface area contributed by atoms with E-state index in [1.807, 2.05) is 0 Å². The Bertz CT molecular complexity index is 346. The molecule has 1 aromatic heterocycles. The highest BCUT2D eigenvalue weighted by atomic mass is 79.9. The lowest BCUT2D eigenvalue weighted by Gasteiger charge is -2.08. The zero-order valence-corrected chi connectivity index (χ0v) is 9.17. The minimum Gasteiger partial charge on any atom is -0.330 e. The topological polar surface area (TPSA) is 48.0 Å². The van der Waals surface area contributed by atoms with Gasteiger partial charge in [-0.2, -0.15) is 0 Å². The van der Waals surface area contributed by atoms with Crippen LogP contribution in [0.15, 0.2) is 21.4 Å². The van der Waals surface area contributed by atoms with E-state index >= 15 is 0 Å². The number of hydrogen-bond donors (Lipinski definition) is 1. The van der Waals surface area contributed by atoms with E-state index in [1.165, 1.54) is 0 Å². The highest BCUT2D eigenvalue weighted by Crippen LogP contribution is 2.14. The number of pyridine rings is 1. The van der Waals surface area contributed by atoms with Crippen molar-refractivity contribution >= 4 is 15.9 Å². The Kier molecular flexibility index (Phi) is 3.69. The summed E-state index contributed by atoms with van der Waals surface area (Å²) in [6, 6.07) is 3.34. The Balaban J connectivity index is 3.03. The lowest BCUT2D eigenvalue weighted by molar-refractivity contribution is 0.719. The number of nitrogens with zero attached hydrogens (tertiary/aromatic N) is 1. The van der Waals surface area contributed by atoms with Crippen LogP contribution in [0.2, 0.25) is 0 Å². The predicted octanol–water partition coefficient (Wildman–Crippen LogP) is 1.04. The van der Waals surface area contributed by atoms with E-state index in [4.69, 9.17) is 5.73 Å². The summed E-state index contributed by atoms with van der Waals surface area (Å²) < 4.78 is 2.63. The van der Waals surface area contributed by atoms with E-state index in [0.717, 1.165) is 23.0 Å². The number of rotatable bonds is 3. The van der Waals surface area contributed by atoms with Crippen LogP contribution < -0.4 is 11.3 Å². The van der Waals surface area contributed by atoms with Gasteiger partial charge in [-0.15, -0.1) is 0 Å². The van der Waals surface area contributed by atoms with Gasteiger partial charge in [0.05, 0.1) is 0 Å². The summed E-state index contributed by atoms with van der Waals surface area (Å²) in [6.07, 6.45) is 1.74. The number of aromatic nitrogens is 1. The molecule has 13 heavy (non-hydrogen) atoms. The highest BCUT2D eigenvalue weighted by Gasteiger charge is 2.03. The van der Waals surface area contributed by atoms with Crippen LogP contribution in [0, 0.1) is 0 Å². The number of nitrogens with two attached hydrogens (primary N) is 1. The van der Waals surface area contributed by atoms with Crippen molar-refractivity contribution < 1.29 is 0 Å². The van der Waals surface area contributed by atoms with E-state index in [1.54, 1.807) is 23.7 Å². The van der Waals surface area contributed by atoms with Gasteiger partial charge >= 0.3 is 0 Å². The van der Waals surface area contributed by atoms with Gasteiger partial charge in [0.2, 0.25) is 0 Å². The summed E-state index contributed by atoms with van der Waals surface area (Å²) in [4.78, 5) is 11.3. The van der Waals surface area contributed by atoms with Crippen LogP contribution >= 0.6 is 15.9 Å². The molecule has 0 radical (unpaired) electrons. The van der Waals surface area contributed by atoms with Gasteiger partial charge in [0.25, 0.3) is 5.56 Å². The molecule has 3 nitrogen and oxygen atoms in total. The van der Waals surface area contributed by atoms with E-state index in [-0.39, 0.29) is 5.56 Å². The maximum absolute atomic E-state index is 11.3. The maximum atomic E-state index is 11.3. The van der Waals surface area contributed by atoms with Crippen molar-refractivity contribution in [2.24, 2.45) is 12.8 Å². The van der Waals surface area contributed by atoms with Gasteiger partial charge in [0, 0.05) is 23.3 Å². The van der Waals surface area contributed by atoms with E-state index in [9.17, 15) is 4.79 Å². The summed E-state index contributed by atoms with van der Waals surface area (Å²) in [5.74, 6) is 0. The average molecular weight is 245 g/mol. The molecule has 0 aliphatic heterocycles. The zero-order chi connectivity index (χ0) is 9.84. The fourth-order valence-electron chi connectivity index (χ4n) is 1.20. The summed E-state index contributed by atoms with van der Waals surface area (Å²) in [6.45, 7) is 0.648. The van der Waals surface area contributed by atoms with Gasteiger partial charge in [-0.25, -0.2) is 0 Å². The minimum absolute atomic E-state index is 0.0234. The molecule has 0 amide bonds. The minimum atomic E-state index is 0.0234. The summed E-state index contributed by atoms with van der Waals surface area (Å²) in [5, 5.41) is 0. The first kappa shape index (κ1) is 10.5. The average Bonchev–Trinajstić information content (AvgIpc) is 2.12. The Morgan fingerprint density at radius 2 is 2.23 bits per heavy atom. The third-order valence-corrected chi connectivity index (χ3v) is 2.72. The molecule has 0 aliphatic carbocycles. The molecular formula is C9H13BrN2O. The molecule has 1 aromatic rings. The van der Waals surface area contributed by atoms with Crippen molar-refractivity contribution in [3.05, 3.63) is 32.7 Å². The molecule has 72 valence electrons. The predicted molar refractivity (Wildman–Crippen MR) is 56.8 cm³/mol. The maximum Gasteiger partial charge on any atom is 0.250 e. The zero-order valence-electron chi connectivity index (χ0n) is 7.59. The summed E-state index contributed by atoms with van der Waals surface area (Å²) in [7, 11) is 1.78. The quantitative estimate of drug-likeness (QED) is 0.864. The van der Waals surface area contributed by atoms with E-state index in [2.05, 4.69) is 15.9 Å². The third kappa shape index (κ3) is 2.42. The van der Waals surface area contributed by atoms with Gasteiger partial charge in [-0.1, -0.05) is 0 Å². The Morgan fingerprint density at radius 3 is 2.85 bits per heavy atom. The molecule has 0 aliphatic rings. The Morgan fingerprint density at radius 1 is 1.54 bits per heavy atom. The van der Waals surface area contributed by atoms with Crippen molar-refractivity contribution in [3.63, 3.8) is 0 Å². The van der Waals surface area contributed by atoms with Gasteiger partial charge in [0.1, 0.15) is 0 Å². The van der Waals surface area contributed by atoms with Crippen molar-refractivity contribution in [2.75, 3.05) is 6.54 Å². The first-order valence-electron chi connectivity index (χ1n) is 4.21. The van der Waals surface area contributed by atoms with Crippen LogP contribution in [0.4, 0.5) is 0 Å². The second-order valence-electron chi connectivity index (χ2n) is 2.92. The van der Waals surface area contributed by atoms with Gasteiger partial charge in [0.15, 0.2) is 0 Å². The van der Waals surface area contributed by atoms with Crippen molar-refractivity contribution in [2.45, 2.75) is 12.8 Å². The molecular weight excluding hydrogens is 232 g/mol. The highest BCUT2D eigenvalue weighted by molar-refractivity contribution is 9.10. The van der Waals surface area contributed by atoms with Crippen LogP contribution in [-0.4, -0.2) is 11.1 Å². The van der Waals surface area contributed by atoms with Crippen LogP contribution in [-0.2, 0) is 13.5 Å². The number of halogens is 1. The molecule has 0 saturated carbocycles. The molecule has 0 unspecified atom stereocenters. The monoisotopic (exact) mass is 244 g/mol. The molecule has 0 spiro atoms. The Labute approximate surface area is 85.7 Å². The molecule has 1 heterocycles. The van der Waals surface area contributed by atoms with E-state index in [0.29, 0.717) is 6.54 Å². The van der Waals surface area contributed by atoms with Crippen molar-refractivity contribution in [1.82, 2.24) is 4.57 Å². The second kappa shape index (κ2) is 4.58. The molecule has 2 N–H and O–H groups in total. The van der Waals surface area contributed by atoms with Crippen molar-refractivity contribution in [1.29, 1.82) is 0 Å². The Hall–Kier alpha value is -0.610. The second-order valence-corrected chi connectivity index (χ2v) is 3.77. The standard InChI is InChI=1S/C9H13BrN2O/c1-12-8(3-2-6-11)7(10)4-5-9(12)13/h4-5H,2-3,6,11H2,1H3. The fraction of sp³-hybridized carbons (Fsp3) is 0.444. The smallest absolute Gasteiger partial charge is 0.250 e. The largest absolute Gasteiger partial charge is 0.330 e. The molecule has 0 bridgehead atoms. The summed E-state index contributed by atoms with van der Waals surface area (Å²) >= 11 is 3.41. The van der Waals surface area contributed by atoms with Crippen LogP contribution in [0.3, 0.4) is 0 Å². The van der Waals surface area contributed by atoms with E-state index < -0.39 is 0 Å². The first-order chi connectivity index (χ1) is 6.16. The molecule has 0 saturated heterocycles. The summed E-state index contributed by atoms with van der Waals surface area (Å²) in [5.41, 5.74) is 6.45. The van der Waals surface area contributed by atoms with Gasteiger partial charge in [-0.3, -0.25) is 4.79 Å². The lowest BCUT2D eigenvalue weighted by Crippen LogP contribution is -2.20. The number of hydrogen-bond acceptors (Lipinski definition) is 2. The fourth-order valence-corrected chi connectivity index (χ4v) is 1.80. The van der Waals surface area contributed by atoms with Crippen LogP contribution in [0.1, 0.15) is 12.1 Å². The van der Waals surface area contributed by atoms with Gasteiger partial charge in [-0.05, 0) is 41.4 Å². The molecule has 4 heteroatoms. The molecule has 1 rings (SSSR count). The van der Waals surface area contributed by atoms with Crippen LogP contribution in [0.25, 0.3) is 0 Å². The molecule has 0 aromatic carbocycles. The van der Waals surface area contributed by atoms with Crippen LogP contribution in [0.5, 0.6) is 0 Å². The van der Waals surface area contributed by atoms with Crippen molar-refractivity contribution in [3.8, 4) is 0 Å².